The largest absolute Gasteiger partial charge is 0.305 e. The Hall–Kier alpha value is -0.0800. The van der Waals surface area contributed by atoms with Crippen molar-refractivity contribution in [1.82, 2.24) is 10.6 Å². The van der Waals surface area contributed by atoms with Crippen LogP contribution in [-0.4, -0.2) is 25.7 Å². The van der Waals surface area contributed by atoms with E-state index in [-0.39, 0.29) is 0 Å². The van der Waals surface area contributed by atoms with E-state index < -0.39 is 0 Å². The van der Waals surface area contributed by atoms with Gasteiger partial charge in [0.25, 0.3) is 0 Å². The van der Waals surface area contributed by atoms with Crippen LogP contribution in [0, 0.1) is 0 Å². The highest BCUT2D eigenvalue weighted by molar-refractivity contribution is 4.68. The second-order valence-corrected chi connectivity index (χ2v) is 1.96. The monoisotopic (exact) mass is 99.1 g/mol. The molecular weight excluding hydrogens is 88.1 g/mol. The number of hydrogen-bond donors (Lipinski definition) is 1. The van der Waals surface area contributed by atoms with Gasteiger partial charge in [-0.2, -0.15) is 0 Å². The molecule has 0 saturated carbocycles. The van der Waals surface area contributed by atoms with Crippen LogP contribution in [0.1, 0.15) is 6.92 Å². The van der Waals surface area contributed by atoms with Crippen molar-refractivity contribution < 1.29 is 0 Å². The van der Waals surface area contributed by atoms with Crippen molar-refractivity contribution >= 4 is 0 Å². The maximum absolute atomic E-state index is 4.27. The van der Waals surface area contributed by atoms with Gasteiger partial charge in [0.2, 0.25) is 6.04 Å². The second-order valence-electron chi connectivity index (χ2n) is 1.96. The number of nitrogens with zero attached hydrogens (tertiary/aromatic N) is 1. The molecule has 40 valence electrons. The second kappa shape index (κ2) is 2.28. The topological polar surface area (TPSA) is 26.1 Å². The third-order valence-corrected chi connectivity index (χ3v) is 1.17. The molecule has 1 unspecified atom stereocenters. The van der Waals surface area contributed by atoms with Crippen molar-refractivity contribution in [3.63, 3.8) is 0 Å². The molecule has 0 aromatic rings. The zero-order chi connectivity index (χ0) is 5.11. The Labute approximate surface area is 44.3 Å². The van der Waals surface area contributed by atoms with Gasteiger partial charge in [-0.1, -0.05) is 0 Å². The lowest BCUT2D eigenvalue weighted by Gasteiger charge is -2.05. The Balaban J connectivity index is 2.12. The normalized spacial score (nSPS) is 33.0. The summed E-state index contributed by atoms with van der Waals surface area (Å²) >= 11 is 0. The molecule has 0 aromatic heterocycles. The molecule has 0 aromatic carbocycles. The maximum atomic E-state index is 4.27. The van der Waals surface area contributed by atoms with E-state index in [2.05, 4.69) is 17.6 Å². The number of rotatable bonds is 0. The minimum absolute atomic E-state index is 0.550. The van der Waals surface area contributed by atoms with E-state index >= 15 is 0 Å². The molecule has 1 rings (SSSR count). The van der Waals surface area contributed by atoms with Gasteiger partial charge in [0.15, 0.2) is 6.54 Å². The highest BCUT2D eigenvalue weighted by Gasteiger charge is 2.18. The smallest absolute Gasteiger partial charge is 0.202 e. The van der Waals surface area contributed by atoms with Crippen LogP contribution in [0.4, 0.5) is 0 Å². The lowest BCUT2D eigenvalue weighted by atomic mass is 10.3. The molecule has 7 heavy (non-hydrogen) atoms. The van der Waals surface area contributed by atoms with Gasteiger partial charge < -0.3 is 5.32 Å². The molecular formula is C5H11N2+. The standard InChI is InChI=1S/C5H11N2/c1-5-4-6-2-3-7-5/h5-6H,2-4H2,1H3/q+1. The maximum Gasteiger partial charge on any atom is 0.202 e. The van der Waals surface area contributed by atoms with Gasteiger partial charge in [-0.25, -0.2) is 0 Å². The van der Waals surface area contributed by atoms with Crippen molar-refractivity contribution in [3.05, 3.63) is 0 Å². The van der Waals surface area contributed by atoms with Gasteiger partial charge in [0.05, 0.1) is 18.4 Å². The molecule has 1 aliphatic heterocycles. The summed E-state index contributed by atoms with van der Waals surface area (Å²) in [6.45, 7) is 5.28. The van der Waals surface area contributed by atoms with E-state index in [9.17, 15) is 0 Å². The van der Waals surface area contributed by atoms with Crippen molar-refractivity contribution in [2.24, 2.45) is 0 Å². The first-order valence-corrected chi connectivity index (χ1v) is 2.77. The lowest BCUT2D eigenvalue weighted by Crippen LogP contribution is -2.42. The number of piperazine rings is 1. The first-order chi connectivity index (χ1) is 3.39. The molecule has 2 heteroatoms. The highest BCUT2D eigenvalue weighted by atomic mass is 15.0. The van der Waals surface area contributed by atoms with Crippen LogP contribution in [0.5, 0.6) is 0 Å². The van der Waals surface area contributed by atoms with E-state index in [1.54, 1.807) is 0 Å². The average Bonchev–Trinajstić information content (AvgIpc) is 1.69. The summed E-state index contributed by atoms with van der Waals surface area (Å²) in [5.74, 6) is 0. The summed E-state index contributed by atoms with van der Waals surface area (Å²) in [4.78, 5) is 0. The van der Waals surface area contributed by atoms with Crippen LogP contribution >= 0.6 is 0 Å². The summed E-state index contributed by atoms with van der Waals surface area (Å²) in [5.41, 5.74) is 0. The third-order valence-electron chi connectivity index (χ3n) is 1.17. The highest BCUT2D eigenvalue weighted by Crippen LogP contribution is 1.83. The summed E-state index contributed by atoms with van der Waals surface area (Å²) < 4.78 is 0. The zero-order valence-corrected chi connectivity index (χ0v) is 4.65. The van der Waals surface area contributed by atoms with Crippen LogP contribution < -0.4 is 10.6 Å². The summed E-state index contributed by atoms with van der Waals surface area (Å²) in [7, 11) is 0. The van der Waals surface area contributed by atoms with E-state index in [4.69, 9.17) is 0 Å². The number of nitrogens with one attached hydrogen (secondary N) is 1. The quantitative estimate of drug-likeness (QED) is 0.438. The molecule has 1 saturated heterocycles. The van der Waals surface area contributed by atoms with E-state index in [1.165, 1.54) is 0 Å². The van der Waals surface area contributed by atoms with Gasteiger partial charge in [0, 0.05) is 0 Å². The number of hydrogen-bond acceptors (Lipinski definition) is 1. The molecule has 1 fully saturated rings. The Morgan fingerprint density at radius 1 is 1.71 bits per heavy atom. The van der Waals surface area contributed by atoms with Crippen molar-refractivity contribution in [2.75, 3.05) is 19.6 Å². The van der Waals surface area contributed by atoms with Crippen molar-refractivity contribution in [1.29, 1.82) is 0 Å². The first-order valence-electron chi connectivity index (χ1n) is 2.77. The Morgan fingerprint density at radius 3 is 2.86 bits per heavy atom. The predicted molar refractivity (Wildman–Crippen MR) is 29.3 cm³/mol. The lowest BCUT2D eigenvalue weighted by molar-refractivity contribution is 0.434. The Bertz CT molecular complexity index is 48.0. The molecule has 1 heterocycles. The van der Waals surface area contributed by atoms with Crippen LogP contribution in [0.15, 0.2) is 0 Å². The summed E-state index contributed by atoms with van der Waals surface area (Å²) in [6.07, 6.45) is 0. The van der Waals surface area contributed by atoms with Gasteiger partial charge in [-0.05, 0) is 6.92 Å². The van der Waals surface area contributed by atoms with Gasteiger partial charge >= 0.3 is 0 Å². The summed E-state index contributed by atoms with van der Waals surface area (Å²) in [5, 5.41) is 7.51. The molecule has 1 N–H and O–H groups in total. The predicted octanol–water partition coefficient (Wildman–Crippen LogP) is -0.417. The summed E-state index contributed by atoms with van der Waals surface area (Å²) in [6, 6.07) is 0.550. The molecule has 0 aliphatic carbocycles. The zero-order valence-electron chi connectivity index (χ0n) is 4.65. The minimum Gasteiger partial charge on any atom is -0.305 e. The van der Waals surface area contributed by atoms with Gasteiger partial charge in [-0.15, -0.1) is 0 Å². The van der Waals surface area contributed by atoms with E-state index in [0.717, 1.165) is 19.6 Å². The molecule has 1 aliphatic rings. The van der Waals surface area contributed by atoms with Crippen LogP contribution in [0.3, 0.4) is 0 Å². The van der Waals surface area contributed by atoms with Crippen LogP contribution in [0.2, 0.25) is 0 Å². The fraction of sp³-hybridized carbons (Fsp3) is 1.00. The minimum atomic E-state index is 0.550. The molecule has 1 atom stereocenters. The van der Waals surface area contributed by atoms with Gasteiger partial charge in [0.1, 0.15) is 0 Å². The molecule has 0 bridgehead atoms. The average molecular weight is 99.2 g/mol. The fourth-order valence-corrected chi connectivity index (χ4v) is 0.739. The first kappa shape index (κ1) is 5.06. The fourth-order valence-electron chi connectivity index (χ4n) is 0.739. The Morgan fingerprint density at radius 2 is 2.57 bits per heavy atom. The van der Waals surface area contributed by atoms with Crippen molar-refractivity contribution in [3.8, 4) is 0 Å². The van der Waals surface area contributed by atoms with E-state index in [1.807, 2.05) is 0 Å². The molecule has 2 radical (unpaired) electrons. The molecule has 0 spiro atoms. The van der Waals surface area contributed by atoms with E-state index in [0.29, 0.717) is 6.04 Å². The molecule has 0 amide bonds. The van der Waals surface area contributed by atoms with Crippen LogP contribution in [-0.2, 0) is 0 Å². The third kappa shape index (κ3) is 1.45. The Kier molecular flexibility index (Phi) is 1.65. The van der Waals surface area contributed by atoms with Crippen molar-refractivity contribution in [2.45, 2.75) is 13.0 Å². The van der Waals surface area contributed by atoms with Gasteiger partial charge in [-0.3, -0.25) is 0 Å². The molecule has 2 nitrogen and oxygen atoms in total. The SMILES string of the molecule is CC1CNCC[N+]1. The van der Waals surface area contributed by atoms with Crippen LogP contribution in [0.25, 0.3) is 0 Å².